The van der Waals surface area contributed by atoms with Crippen LogP contribution in [0.25, 0.3) is 33.7 Å². The number of anilines is 3. The lowest BCUT2D eigenvalue weighted by Gasteiger charge is -2.40. The number of imide groups is 1. The highest BCUT2D eigenvalue weighted by Crippen LogP contribution is 2.58. The van der Waals surface area contributed by atoms with Crippen LogP contribution >= 0.6 is 0 Å². The van der Waals surface area contributed by atoms with Crippen molar-refractivity contribution in [2.75, 3.05) is 67.1 Å². The van der Waals surface area contributed by atoms with Crippen LogP contribution in [0.2, 0.25) is 0 Å². The summed E-state index contributed by atoms with van der Waals surface area (Å²) in [4.78, 5) is 66.9. The molecule has 342 valence electrons. The summed E-state index contributed by atoms with van der Waals surface area (Å²) in [6, 6.07) is 19.1. The van der Waals surface area contributed by atoms with Gasteiger partial charge in [0, 0.05) is 81.1 Å². The standard InChI is InChI=1S/C47H49F3N12O4/c1-28-23-31(3-9-35(28)29(2)54-43(64)42-57-44(66-58-42)46(14-15-46)47(48,49)50)40-36-24-38(55-41(36)53-27-52-40)37-10-8-34(25-51-37)61-21-19-59(20-22-61)26-30-11-16-60(17-12-30)32-4-6-33(7-5-32)62-18-13-39(63)56-45(62)65/h3-10,23-25,27,29-30H,11-22,26H2,1-2H3,(H,54,64)(H,52,53,55)(H,56,63,65). The second-order valence-electron chi connectivity index (χ2n) is 17.8. The monoisotopic (exact) mass is 902 g/mol. The number of aryl methyl sites for hydroxylation is 1. The number of nitrogens with one attached hydrogen (secondary N) is 3. The molecule has 19 heteroatoms. The smallest absolute Gasteiger partial charge is 0.372 e. The number of amides is 4. The molecule has 4 amide bonds. The third-order valence-electron chi connectivity index (χ3n) is 13.6. The molecular weight excluding hydrogens is 854 g/mol. The first-order chi connectivity index (χ1) is 31.8. The number of carbonyl (C=O) groups is 3. The van der Waals surface area contributed by atoms with Gasteiger partial charge >= 0.3 is 12.2 Å². The van der Waals surface area contributed by atoms with E-state index in [2.05, 4.69) is 68.6 Å². The molecule has 0 bridgehead atoms. The van der Waals surface area contributed by atoms with E-state index in [1.807, 2.05) is 55.6 Å². The van der Waals surface area contributed by atoms with Crippen molar-refractivity contribution in [3.8, 4) is 22.6 Å². The molecule has 0 radical (unpaired) electrons. The van der Waals surface area contributed by atoms with Crippen molar-refractivity contribution in [3.05, 3.63) is 96.0 Å². The first-order valence-corrected chi connectivity index (χ1v) is 22.4. The lowest BCUT2D eigenvalue weighted by atomic mass is 9.95. The van der Waals surface area contributed by atoms with E-state index in [0.717, 1.165) is 115 Å². The Morgan fingerprint density at radius 2 is 1.62 bits per heavy atom. The highest BCUT2D eigenvalue weighted by atomic mass is 19.4. The Morgan fingerprint density at radius 1 is 0.894 bits per heavy atom. The Kier molecular flexibility index (Phi) is 11.2. The summed E-state index contributed by atoms with van der Waals surface area (Å²) in [6.45, 7) is 11.0. The molecule has 1 atom stereocenters. The van der Waals surface area contributed by atoms with E-state index in [1.165, 1.54) is 6.33 Å². The Labute approximate surface area is 378 Å². The average molecular weight is 903 g/mol. The molecule has 7 heterocycles. The van der Waals surface area contributed by atoms with Crippen LogP contribution < -0.4 is 25.3 Å². The van der Waals surface area contributed by atoms with Crippen LogP contribution in [-0.2, 0) is 10.2 Å². The van der Waals surface area contributed by atoms with Crippen molar-refractivity contribution in [2.45, 2.75) is 63.6 Å². The van der Waals surface area contributed by atoms with Crippen LogP contribution in [0.15, 0.2) is 77.7 Å². The van der Waals surface area contributed by atoms with E-state index in [4.69, 9.17) is 9.51 Å². The number of aromatic amines is 1. The van der Waals surface area contributed by atoms with E-state index >= 15 is 0 Å². The molecule has 16 nitrogen and oxygen atoms in total. The molecule has 3 saturated heterocycles. The molecule has 3 N–H and O–H groups in total. The fourth-order valence-corrected chi connectivity index (χ4v) is 9.52. The van der Waals surface area contributed by atoms with Crippen LogP contribution in [0.5, 0.6) is 0 Å². The zero-order valence-corrected chi connectivity index (χ0v) is 36.6. The lowest BCUT2D eigenvalue weighted by Crippen LogP contribution is -2.49. The third-order valence-corrected chi connectivity index (χ3v) is 13.6. The Balaban J connectivity index is 0.715. The van der Waals surface area contributed by atoms with E-state index in [9.17, 15) is 27.6 Å². The summed E-state index contributed by atoms with van der Waals surface area (Å²) >= 11 is 0. The van der Waals surface area contributed by atoms with Gasteiger partial charge in [-0.05, 0) is 105 Å². The SMILES string of the molecule is Cc1cc(-c2ncnc3[nH]c(-c4ccc(N5CCN(CC6CCN(c7ccc(N8CCC(=O)NC8=O)cc7)CC6)CC5)cn4)cc23)ccc1C(C)NC(=O)c1noc(C2(C(F)(F)F)CC2)n1. The van der Waals surface area contributed by atoms with Crippen LogP contribution in [-0.4, -0.2) is 111 Å². The van der Waals surface area contributed by atoms with Crippen molar-refractivity contribution in [2.24, 2.45) is 5.92 Å². The van der Waals surface area contributed by atoms with E-state index in [0.29, 0.717) is 24.5 Å². The second-order valence-corrected chi connectivity index (χ2v) is 17.8. The maximum Gasteiger partial charge on any atom is 0.403 e. The number of alkyl halides is 3. The molecule has 0 spiro atoms. The fraction of sp³-hybridized carbons (Fsp3) is 0.404. The van der Waals surface area contributed by atoms with E-state index < -0.39 is 35.3 Å². The predicted octanol–water partition coefficient (Wildman–Crippen LogP) is 6.95. The van der Waals surface area contributed by atoms with Gasteiger partial charge in [0.05, 0.1) is 35.0 Å². The molecule has 4 aromatic heterocycles. The maximum atomic E-state index is 13.5. The first kappa shape index (κ1) is 43.0. The molecule has 3 aliphatic heterocycles. The molecule has 6 aromatic rings. The van der Waals surface area contributed by atoms with Crippen LogP contribution in [0, 0.1) is 12.8 Å². The number of piperazine rings is 1. The Hall–Kier alpha value is -6.89. The van der Waals surface area contributed by atoms with Gasteiger partial charge in [-0.2, -0.15) is 18.2 Å². The first-order valence-electron chi connectivity index (χ1n) is 22.4. The highest BCUT2D eigenvalue weighted by molar-refractivity contribution is 6.05. The number of urea groups is 1. The second kappa shape index (κ2) is 17.2. The summed E-state index contributed by atoms with van der Waals surface area (Å²) in [7, 11) is 0. The van der Waals surface area contributed by atoms with E-state index in [-0.39, 0.29) is 24.8 Å². The molecule has 66 heavy (non-hydrogen) atoms. The van der Waals surface area contributed by atoms with Gasteiger partial charge in [0.15, 0.2) is 0 Å². The summed E-state index contributed by atoms with van der Waals surface area (Å²) in [5, 5.41) is 9.53. The number of aromatic nitrogens is 6. The van der Waals surface area contributed by atoms with Crippen molar-refractivity contribution in [1.82, 2.24) is 45.6 Å². The van der Waals surface area contributed by atoms with E-state index in [1.54, 1.807) is 11.8 Å². The van der Waals surface area contributed by atoms with Gasteiger partial charge in [-0.25, -0.2) is 14.8 Å². The summed E-state index contributed by atoms with van der Waals surface area (Å²) in [6.07, 6.45) is 1.20. The van der Waals surface area contributed by atoms with Gasteiger partial charge in [-0.15, -0.1) is 0 Å². The van der Waals surface area contributed by atoms with Gasteiger partial charge in [0.2, 0.25) is 11.8 Å². The number of pyridine rings is 1. The van der Waals surface area contributed by atoms with Gasteiger partial charge in [0.25, 0.3) is 11.7 Å². The third kappa shape index (κ3) is 8.42. The largest absolute Gasteiger partial charge is 0.403 e. The lowest BCUT2D eigenvalue weighted by molar-refractivity contribution is -0.166. The van der Waals surface area contributed by atoms with Crippen molar-refractivity contribution < 1.29 is 32.1 Å². The molecule has 4 aliphatic rings. The summed E-state index contributed by atoms with van der Waals surface area (Å²) in [5.74, 6) is -1.33. The molecule has 10 rings (SSSR count). The normalized spacial score (nSPS) is 18.7. The fourth-order valence-electron chi connectivity index (χ4n) is 9.52. The average Bonchev–Trinajstić information content (AvgIpc) is 3.78. The highest BCUT2D eigenvalue weighted by Gasteiger charge is 2.68. The topological polar surface area (TPSA) is 182 Å². The number of rotatable bonds is 11. The minimum absolute atomic E-state index is 0.145. The number of hydrogen-bond acceptors (Lipinski definition) is 12. The number of halogens is 3. The minimum atomic E-state index is -4.53. The number of H-pyrrole nitrogens is 1. The van der Waals surface area contributed by atoms with Crippen LogP contribution in [0.3, 0.4) is 0 Å². The van der Waals surface area contributed by atoms with Gasteiger partial charge in [0.1, 0.15) is 17.4 Å². The van der Waals surface area contributed by atoms with Crippen LogP contribution in [0.4, 0.5) is 35.0 Å². The summed E-state index contributed by atoms with van der Waals surface area (Å²) in [5.41, 5.74) is 6.39. The number of nitrogens with zero attached hydrogens (tertiary/aromatic N) is 9. The van der Waals surface area contributed by atoms with Crippen molar-refractivity contribution in [1.29, 1.82) is 0 Å². The van der Waals surface area contributed by atoms with Gasteiger partial charge in [-0.3, -0.25) is 29.7 Å². The molecule has 1 aliphatic carbocycles. The number of carbonyl (C=O) groups excluding carboxylic acids is 3. The Morgan fingerprint density at radius 3 is 2.30 bits per heavy atom. The van der Waals surface area contributed by atoms with Crippen molar-refractivity contribution in [3.63, 3.8) is 0 Å². The number of fused-ring (bicyclic) bond motifs is 1. The maximum absolute atomic E-state index is 13.5. The predicted molar refractivity (Wildman–Crippen MR) is 240 cm³/mol. The molecule has 1 unspecified atom stereocenters. The van der Waals surface area contributed by atoms with Gasteiger partial charge < -0.3 is 24.6 Å². The Bertz CT molecular complexity index is 2770. The molecule has 2 aromatic carbocycles. The number of benzene rings is 2. The minimum Gasteiger partial charge on any atom is -0.372 e. The zero-order chi connectivity index (χ0) is 45.7. The number of piperidine rings is 1. The molecule has 1 saturated carbocycles. The number of hydrogen-bond donors (Lipinski definition) is 3. The van der Waals surface area contributed by atoms with Crippen LogP contribution in [0.1, 0.15) is 72.7 Å². The summed E-state index contributed by atoms with van der Waals surface area (Å²) < 4.78 is 45.5. The zero-order valence-electron chi connectivity index (χ0n) is 36.6. The van der Waals surface area contributed by atoms with Crippen molar-refractivity contribution >= 4 is 45.9 Å². The van der Waals surface area contributed by atoms with Gasteiger partial charge in [-0.1, -0.05) is 17.3 Å². The quantitative estimate of drug-likeness (QED) is 0.122. The molecular formula is C47H49F3N12O4. The molecule has 4 fully saturated rings.